The fourth-order valence-corrected chi connectivity index (χ4v) is 4.29. The Morgan fingerprint density at radius 3 is 2.19 bits per heavy atom. The Labute approximate surface area is 187 Å². The van der Waals surface area contributed by atoms with E-state index in [1.807, 2.05) is 19.1 Å². The van der Waals surface area contributed by atoms with Crippen LogP contribution >= 0.6 is 0 Å². The standard InChI is InChI=1S/C28H27F3O/c1-3-5-21-11-14-24(28(31)27(21)30)20-9-7-19(8-10-20)23-13-12-22(16-25(23)29)26-15-6-18(4-2)17-32-26/h4,7-14,16,18,26H,2-3,5-6,15,17H2,1H3. The molecular formula is C28H27F3O. The van der Waals surface area contributed by atoms with Gasteiger partial charge in [-0.1, -0.05) is 68.0 Å². The van der Waals surface area contributed by atoms with Crippen LogP contribution in [0.2, 0.25) is 0 Å². The lowest BCUT2D eigenvalue weighted by Crippen LogP contribution is -2.19. The normalized spacial score (nSPS) is 18.5. The molecule has 0 spiro atoms. The molecule has 32 heavy (non-hydrogen) atoms. The third-order valence-corrected chi connectivity index (χ3v) is 6.20. The first-order valence-electron chi connectivity index (χ1n) is 11.1. The van der Waals surface area contributed by atoms with Crippen molar-refractivity contribution in [1.29, 1.82) is 0 Å². The van der Waals surface area contributed by atoms with Crippen molar-refractivity contribution in [1.82, 2.24) is 0 Å². The van der Waals surface area contributed by atoms with Gasteiger partial charge in [0.25, 0.3) is 0 Å². The minimum Gasteiger partial charge on any atom is -0.373 e. The van der Waals surface area contributed by atoms with Crippen LogP contribution in [0.15, 0.2) is 67.3 Å². The van der Waals surface area contributed by atoms with Gasteiger partial charge in [0.1, 0.15) is 5.82 Å². The second kappa shape index (κ2) is 9.74. The second-order valence-corrected chi connectivity index (χ2v) is 8.36. The van der Waals surface area contributed by atoms with Crippen LogP contribution in [0.3, 0.4) is 0 Å². The average molecular weight is 437 g/mol. The van der Waals surface area contributed by atoms with Crippen molar-refractivity contribution in [2.45, 2.75) is 38.7 Å². The minimum absolute atomic E-state index is 0.106. The number of rotatable bonds is 6. The van der Waals surface area contributed by atoms with Crippen molar-refractivity contribution in [2.24, 2.45) is 5.92 Å². The van der Waals surface area contributed by atoms with Crippen molar-refractivity contribution < 1.29 is 17.9 Å². The van der Waals surface area contributed by atoms with Gasteiger partial charge >= 0.3 is 0 Å². The summed E-state index contributed by atoms with van der Waals surface area (Å²) in [5.74, 6) is -1.61. The number of benzene rings is 3. The first-order chi connectivity index (χ1) is 15.5. The fraction of sp³-hybridized carbons (Fsp3) is 0.286. The van der Waals surface area contributed by atoms with Gasteiger partial charge in [0.15, 0.2) is 11.6 Å². The molecule has 0 saturated carbocycles. The Kier molecular flexibility index (Phi) is 6.80. The van der Waals surface area contributed by atoms with Crippen molar-refractivity contribution in [2.75, 3.05) is 6.61 Å². The van der Waals surface area contributed by atoms with E-state index in [1.54, 1.807) is 42.5 Å². The molecule has 4 rings (SSSR count). The summed E-state index contributed by atoms with van der Waals surface area (Å²) in [5, 5.41) is 0. The first-order valence-corrected chi connectivity index (χ1v) is 11.1. The van der Waals surface area contributed by atoms with Gasteiger partial charge in [-0.25, -0.2) is 13.2 Å². The maximum Gasteiger partial charge on any atom is 0.166 e. The predicted octanol–water partition coefficient (Wildman–Crippen LogP) is 8.04. The van der Waals surface area contributed by atoms with E-state index in [4.69, 9.17) is 4.74 Å². The molecule has 0 radical (unpaired) electrons. The molecule has 0 aliphatic carbocycles. The molecule has 4 heteroatoms. The van der Waals surface area contributed by atoms with Gasteiger partial charge in [0, 0.05) is 17.0 Å². The van der Waals surface area contributed by atoms with E-state index in [1.165, 1.54) is 6.07 Å². The summed E-state index contributed by atoms with van der Waals surface area (Å²) < 4.78 is 49.7. The van der Waals surface area contributed by atoms with Crippen LogP contribution < -0.4 is 0 Å². The quantitative estimate of drug-likeness (QED) is 0.355. The van der Waals surface area contributed by atoms with Crippen molar-refractivity contribution >= 4 is 0 Å². The number of hydrogen-bond donors (Lipinski definition) is 0. The summed E-state index contributed by atoms with van der Waals surface area (Å²) >= 11 is 0. The summed E-state index contributed by atoms with van der Waals surface area (Å²) in [4.78, 5) is 0. The van der Waals surface area contributed by atoms with Gasteiger partial charge in [-0.3, -0.25) is 0 Å². The average Bonchev–Trinajstić information content (AvgIpc) is 2.82. The molecule has 1 aliphatic rings. The molecule has 0 N–H and O–H groups in total. The highest BCUT2D eigenvalue weighted by molar-refractivity contribution is 5.71. The molecule has 3 aromatic carbocycles. The maximum absolute atomic E-state index is 14.9. The minimum atomic E-state index is -0.842. The van der Waals surface area contributed by atoms with Gasteiger partial charge in [0.2, 0.25) is 0 Å². The third-order valence-electron chi connectivity index (χ3n) is 6.20. The highest BCUT2D eigenvalue weighted by Crippen LogP contribution is 2.34. The summed E-state index contributed by atoms with van der Waals surface area (Å²) in [5.41, 5.74) is 3.11. The molecule has 1 fully saturated rings. The molecule has 1 nitrogen and oxygen atoms in total. The lowest BCUT2D eigenvalue weighted by Gasteiger charge is -2.27. The van der Waals surface area contributed by atoms with Crippen LogP contribution in [-0.2, 0) is 11.2 Å². The molecule has 2 atom stereocenters. The van der Waals surface area contributed by atoms with Crippen molar-refractivity contribution in [3.05, 3.63) is 95.8 Å². The molecule has 1 aliphatic heterocycles. The van der Waals surface area contributed by atoms with E-state index in [-0.39, 0.29) is 17.5 Å². The number of aryl methyl sites for hydroxylation is 1. The molecule has 3 aromatic rings. The van der Waals surface area contributed by atoms with Gasteiger partial charge in [-0.05, 0) is 47.6 Å². The van der Waals surface area contributed by atoms with E-state index in [0.717, 1.165) is 24.8 Å². The maximum atomic E-state index is 14.9. The first kappa shape index (κ1) is 22.3. The molecule has 0 amide bonds. The third kappa shape index (κ3) is 4.51. The van der Waals surface area contributed by atoms with Crippen molar-refractivity contribution in [3.8, 4) is 22.3 Å². The van der Waals surface area contributed by atoms with Crippen LogP contribution in [0, 0.1) is 23.4 Å². The number of ether oxygens (including phenoxy) is 1. The Bertz CT molecular complexity index is 1100. The molecule has 166 valence electrons. The largest absolute Gasteiger partial charge is 0.373 e. The second-order valence-electron chi connectivity index (χ2n) is 8.36. The summed E-state index contributed by atoms with van der Waals surface area (Å²) in [6, 6.07) is 15.3. The molecular weight excluding hydrogens is 409 g/mol. The Hall–Kier alpha value is -2.85. The van der Waals surface area contributed by atoms with Crippen LogP contribution in [0.1, 0.15) is 43.4 Å². The summed E-state index contributed by atoms with van der Waals surface area (Å²) in [7, 11) is 0. The van der Waals surface area contributed by atoms with E-state index in [9.17, 15) is 13.2 Å². The molecule has 1 heterocycles. The molecule has 1 saturated heterocycles. The lowest BCUT2D eigenvalue weighted by molar-refractivity contribution is -0.00528. The number of halogens is 3. The van der Waals surface area contributed by atoms with Crippen LogP contribution in [0.5, 0.6) is 0 Å². The summed E-state index contributed by atoms with van der Waals surface area (Å²) in [6.07, 6.45) is 4.86. The SMILES string of the molecule is C=CC1CCC(c2ccc(-c3ccc(-c4ccc(CCC)c(F)c4F)cc3)c(F)c2)OC1. The Balaban J connectivity index is 1.55. The van der Waals surface area contributed by atoms with E-state index >= 15 is 0 Å². The van der Waals surface area contributed by atoms with E-state index in [0.29, 0.717) is 41.2 Å². The van der Waals surface area contributed by atoms with E-state index < -0.39 is 11.6 Å². The van der Waals surface area contributed by atoms with Crippen LogP contribution in [0.4, 0.5) is 13.2 Å². The highest BCUT2D eigenvalue weighted by atomic mass is 19.2. The zero-order chi connectivity index (χ0) is 22.7. The Morgan fingerprint density at radius 2 is 1.59 bits per heavy atom. The van der Waals surface area contributed by atoms with Crippen molar-refractivity contribution in [3.63, 3.8) is 0 Å². The van der Waals surface area contributed by atoms with Gasteiger partial charge in [-0.2, -0.15) is 0 Å². The summed E-state index contributed by atoms with van der Waals surface area (Å²) in [6.45, 7) is 6.34. The molecule has 0 aromatic heterocycles. The van der Waals surface area contributed by atoms with E-state index in [2.05, 4.69) is 6.58 Å². The number of hydrogen-bond acceptors (Lipinski definition) is 1. The van der Waals surface area contributed by atoms with Gasteiger partial charge in [0.05, 0.1) is 12.7 Å². The zero-order valence-corrected chi connectivity index (χ0v) is 18.2. The Morgan fingerprint density at radius 1 is 0.906 bits per heavy atom. The monoisotopic (exact) mass is 436 g/mol. The molecule has 2 unspecified atom stereocenters. The molecule has 0 bridgehead atoms. The highest BCUT2D eigenvalue weighted by Gasteiger charge is 2.22. The fourth-order valence-electron chi connectivity index (χ4n) is 4.29. The lowest BCUT2D eigenvalue weighted by atomic mass is 9.93. The van der Waals surface area contributed by atoms with Gasteiger partial charge in [-0.15, -0.1) is 6.58 Å². The predicted molar refractivity (Wildman–Crippen MR) is 123 cm³/mol. The zero-order valence-electron chi connectivity index (χ0n) is 18.2. The van der Waals surface area contributed by atoms with Crippen LogP contribution in [-0.4, -0.2) is 6.61 Å². The smallest absolute Gasteiger partial charge is 0.166 e. The van der Waals surface area contributed by atoms with Gasteiger partial charge < -0.3 is 4.74 Å². The van der Waals surface area contributed by atoms with Crippen LogP contribution in [0.25, 0.3) is 22.3 Å². The topological polar surface area (TPSA) is 9.23 Å².